The van der Waals surface area contributed by atoms with Gasteiger partial charge in [-0.3, -0.25) is 14.9 Å². The molecule has 0 spiro atoms. The van der Waals surface area contributed by atoms with E-state index in [0.29, 0.717) is 6.04 Å². The van der Waals surface area contributed by atoms with Crippen LogP contribution in [-0.4, -0.2) is 34.0 Å². The summed E-state index contributed by atoms with van der Waals surface area (Å²) in [5, 5.41) is 3.80. The van der Waals surface area contributed by atoms with Crippen LogP contribution in [0.4, 0.5) is 0 Å². The minimum absolute atomic E-state index is 0.499. The molecule has 5 rings (SSSR count). The van der Waals surface area contributed by atoms with Crippen LogP contribution >= 0.6 is 0 Å². The van der Waals surface area contributed by atoms with Crippen molar-refractivity contribution in [2.75, 3.05) is 13.1 Å². The summed E-state index contributed by atoms with van der Waals surface area (Å²) in [5.74, 6) is 0. The van der Waals surface area contributed by atoms with Gasteiger partial charge >= 0.3 is 0 Å². The summed E-state index contributed by atoms with van der Waals surface area (Å²) in [6.07, 6.45) is 5.07. The molecule has 1 saturated heterocycles. The predicted octanol–water partition coefficient (Wildman–Crippen LogP) is 7.03. The van der Waals surface area contributed by atoms with Crippen LogP contribution in [0.15, 0.2) is 60.9 Å². The van der Waals surface area contributed by atoms with Crippen LogP contribution < -0.4 is 5.32 Å². The molecular formula is C34H40N4. The number of pyridine rings is 2. The first-order chi connectivity index (χ1) is 18.3. The van der Waals surface area contributed by atoms with Crippen LogP contribution in [0.1, 0.15) is 50.9 Å². The maximum Gasteiger partial charge on any atom is 0.0705 e. The van der Waals surface area contributed by atoms with Gasteiger partial charge in [0.15, 0.2) is 0 Å². The fraction of sp³-hybridized carbons (Fsp3) is 0.353. The molecule has 1 aliphatic rings. The van der Waals surface area contributed by atoms with Gasteiger partial charge in [0.05, 0.1) is 11.4 Å². The minimum Gasteiger partial charge on any atom is -0.309 e. The first kappa shape index (κ1) is 26.3. The molecule has 0 unspecified atom stereocenters. The molecule has 1 atom stereocenters. The zero-order valence-electron chi connectivity index (χ0n) is 23.7. The standard InChI is InChI=1S/C34H40N4/c1-22-13-30(14-23(2)26(22)5)33-17-28(7-10-35-33)19-37-32-9-12-38(21-32)20-29-8-11-36-34(18-29)31-15-24(3)27(6)25(4)16-31/h7-8,10-11,13-18,32,37H,9,12,19-21H2,1-6H3/t32-/m0/s1. The highest BCUT2D eigenvalue weighted by Crippen LogP contribution is 2.26. The van der Waals surface area contributed by atoms with Crippen molar-refractivity contribution >= 4 is 0 Å². The van der Waals surface area contributed by atoms with E-state index >= 15 is 0 Å². The Morgan fingerprint density at radius 3 is 1.76 bits per heavy atom. The van der Waals surface area contributed by atoms with Crippen molar-refractivity contribution in [3.05, 3.63) is 105 Å². The summed E-state index contributed by atoms with van der Waals surface area (Å²) in [6.45, 7) is 17.1. The average molecular weight is 505 g/mol. The molecule has 196 valence electrons. The fourth-order valence-corrected chi connectivity index (χ4v) is 5.50. The Balaban J connectivity index is 1.19. The highest BCUT2D eigenvalue weighted by Gasteiger charge is 2.22. The van der Waals surface area contributed by atoms with E-state index in [-0.39, 0.29) is 0 Å². The van der Waals surface area contributed by atoms with Crippen LogP contribution in [-0.2, 0) is 13.1 Å². The van der Waals surface area contributed by atoms with E-state index in [1.165, 1.54) is 62.1 Å². The number of benzene rings is 2. The van der Waals surface area contributed by atoms with E-state index < -0.39 is 0 Å². The first-order valence-electron chi connectivity index (χ1n) is 13.8. The number of aryl methyl sites for hydroxylation is 4. The molecular weight excluding hydrogens is 464 g/mol. The lowest BCUT2D eigenvalue weighted by Gasteiger charge is -2.18. The normalized spacial score (nSPS) is 15.8. The summed E-state index contributed by atoms with van der Waals surface area (Å²) in [5.41, 5.74) is 15.2. The van der Waals surface area contributed by atoms with E-state index in [2.05, 4.69) is 110 Å². The summed E-state index contributed by atoms with van der Waals surface area (Å²) in [7, 11) is 0. The summed E-state index contributed by atoms with van der Waals surface area (Å²) in [4.78, 5) is 11.9. The van der Waals surface area contributed by atoms with Crippen molar-refractivity contribution < 1.29 is 0 Å². The van der Waals surface area contributed by atoms with Crippen molar-refractivity contribution in [3.63, 3.8) is 0 Å². The van der Waals surface area contributed by atoms with E-state index in [0.717, 1.165) is 37.6 Å². The highest BCUT2D eigenvalue weighted by molar-refractivity contribution is 5.64. The quantitative estimate of drug-likeness (QED) is 0.293. The maximum atomic E-state index is 4.68. The lowest BCUT2D eigenvalue weighted by Crippen LogP contribution is -2.32. The second-order valence-electron chi connectivity index (χ2n) is 11.2. The SMILES string of the molecule is Cc1cc(-c2cc(CN[C@H]3CCN(Cc4ccnc(-c5cc(C)c(C)c(C)c5)c4)C3)ccn2)cc(C)c1C. The van der Waals surface area contributed by atoms with Crippen LogP contribution in [0.25, 0.3) is 22.5 Å². The van der Waals surface area contributed by atoms with Crippen LogP contribution in [0.2, 0.25) is 0 Å². The number of rotatable bonds is 7. The van der Waals surface area contributed by atoms with E-state index in [1.807, 2.05) is 12.4 Å². The Morgan fingerprint density at radius 1 is 0.711 bits per heavy atom. The number of hydrogen-bond acceptors (Lipinski definition) is 4. The Kier molecular flexibility index (Phi) is 7.73. The Labute approximate surface area is 228 Å². The van der Waals surface area contributed by atoms with Crippen LogP contribution in [0.3, 0.4) is 0 Å². The first-order valence-corrected chi connectivity index (χ1v) is 13.8. The topological polar surface area (TPSA) is 41.0 Å². The molecule has 4 nitrogen and oxygen atoms in total. The number of aromatic nitrogens is 2. The lowest BCUT2D eigenvalue weighted by atomic mass is 9.98. The van der Waals surface area contributed by atoms with Gasteiger partial charge in [0.1, 0.15) is 0 Å². The average Bonchev–Trinajstić information content (AvgIpc) is 3.36. The predicted molar refractivity (Wildman–Crippen MR) is 158 cm³/mol. The van der Waals surface area contributed by atoms with Gasteiger partial charge in [0.25, 0.3) is 0 Å². The maximum absolute atomic E-state index is 4.68. The van der Waals surface area contributed by atoms with E-state index in [4.69, 9.17) is 0 Å². The largest absolute Gasteiger partial charge is 0.309 e. The van der Waals surface area contributed by atoms with Gasteiger partial charge in [-0.1, -0.05) is 0 Å². The Hall–Kier alpha value is -3.34. The molecule has 1 aliphatic heterocycles. The fourth-order valence-electron chi connectivity index (χ4n) is 5.50. The molecule has 0 radical (unpaired) electrons. The van der Waals surface area contributed by atoms with Crippen molar-refractivity contribution in [2.45, 2.75) is 67.1 Å². The van der Waals surface area contributed by atoms with Crippen LogP contribution in [0.5, 0.6) is 0 Å². The second-order valence-corrected chi connectivity index (χ2v) is 11.2. The molecule has 4 aromatic rings. The molecule has 38 heavy (non-hydrogen) atoms. The molecule has 4 heteroatoms. The van der Waals surface area contributed by atoms with Gasteiger partial charge in [-0.05, 0) is 141 Å². The second kappa shape index (κ2) is 11.2. The molecule has 0 saturated carbocycles. The molecule has 0 aliphatic carbocycles. The third-order valence-corrected chi connectivity index (χ3v) is 8.37. The van der Waals surface area contributed by atoms with Gasteiger partial charge < -0.3 is 5.32 Å². The number of likely N-dealkylation sites (tertiary alicyclic amines) is 1. The third-order valence-electron chi connectivity index (χ3n) is 8.37. The lowest BCUT2D eigenvalue weighted by molar-refractivity contribution is 0.320. The van der Waals surface area contributed by atoms with Gasteiger partial charge in [0, 0.05) is 55.7 Å². The van der Waals surface area contributed by atoms with E-state index in [1.54, 1.807) is 0 Å². The third kappa shape index (κ3) is 5.87. The van der Waals surface area contributed by atoms with Gasteiger partial charge in [-0.25, -0.2) is 0 Å². The minimum atomic E-state index is 0.499. The molecule has 0 amide bonds. The smallest absolute Gasteiger partial charge is 0.0705 e. The number of nitrogens with one attached hydrogen (secondary N) is 1. The highest BCUT2D eigenvalue weighted by atomic mass is 15.2. The van der Waals surface area contributed by atoms with Crippen molar-refractivity contribution in [1.82, 2.24) is 20.2 Å². The molecule has 1 N–H and O–H groups in total. The zero-order chi connectivity index (χ0) is 26.8. The number of nitrogens with zero attached hydrogens (tertiary/aromatic N) is 3. The summed E-state index contributed by atoms with van der Waals surface area (Å²) in [6, 6.07) is 18.3. The van der Waals surface area contributed by atoms with Crippen LogP contribution in [0, 0.1) is 41.5 Å². The molecule has 2 aromatic carbocycles. The van der Waals surface area contributed by atoms with Crippen molar-refractivity contribution in [1.29, 1.82) is 0 Å². The van der Waals surface area contributed by atoms with Gasteiger partial charge in [-0.2, -0.15) is 0 Å². The van der Waals surface area contributed by atoms with Gasteiger partial charge in [-0.15, -0.1) is 0 Å². The number of hydrogen-bond donors (Lipinski definition) is 1. The molecule has 2 aromatic heterocycles. The molecule has 0 bridgehead atoms. The summed E-state index contributed by atoms with van der Waals surface area (Å²) >= 11 is 0. The van der Waals surface area contributed by atoms with Crippen molar-refractivity contribution in [3.8, 4) is 22.5 Å². The zero-order valence-corrected chi connectivity index (χ0v) is 23.7. The van der Waals surface area contributed by atoms with Crippen molar-refractivity contribution in [2.24, 2.45) is 0 Å². The summed E-state index contributed by atoms with van der Waals surface area (Å²) < 4.78 is 0. The Bertz CT molecular complexity index is 1410. The molecule has 1 fully saturated rings. The van der Waals surface area contributed by atoms with E-state index in [9.17, 15) is 0 Å². The molecule has 3 heterocycles. The van der Waals surface area contributed by atoms with Gasteiger partial charge in [0.2, 0.25) is 0 Å². The monoisotopic (exact) mass is 504 g/mol. The Morgan fingerprint density at radius 2 is 1.21 bits per heavy atom.